The maximum absolute atomic E-state index is 4.05. The molecule has 1 heterocycles. The van der Waals surface area contributed by atoms with Crippen molar-refractivity contribution in [3.63, 3.8) is 0 Å². The zero-order valence-electron chi connectivity index (χ0n) is 5.56. The van der Waals surface area contributed by atoms with Crippen LogP contribution in [0.3, 0.4) is 0 Å². The molecule has 1 aromatic heterocycles. The molecule has 1 aromatic rings. The Hall–Kier alpha value is -0.810. The van der Waals surface area contributed by atoms with Crippen molar-refractivity contribution in [3.8, 4) is 11.8 Å². The molecule has 1 rings (SSSR count). The molecule has 0 saturated heterocycles. The largest absolute Gasteiger partial charge is 0.247 e. The summed E-state index contributed by atoms with van der Waals surface area (Å²) < 4.78 is 0.948. The Morgan fingerprint density at radius 3 is 3.00 bits per heavy atom. The highest BCUT2D eigenvalue weighted by Crippen LogP contribution is 2.11. The lowest BCUT2D eigenvalue weighted by Crippen LogP contribution is -1.80. The van der Waals surface area contributed by atoms with Crippen molar-refractivity contribution in [1.82, 2.24) is 4.98 Å². The van der Waals surface area contributed by atoms with Gasteiger partial charge in [-0.05, 0) is 40.9 Å². The molecule has 0 N–H and O–H groups in total. The normalized spacial score (nSPS) is 8.20. The van der Waals surface area contributed by atoms with E-state index in [1.807, 2.05) is 12.1 Å². The maximum atomic E-state index is 4.05. The van der Waals surface area contributed by atoms with Crippen molar-refractivity contribution in [2.24, 2.45) is 0 Å². The summed E-state index contributed by atoms with van der Waals surface area (Å²) in [5.41, 5.74) is 0.796. The first-order valence-corrected chi connectivity index (χ1v) is 3.67. The summed E-state index contributed by atoms with van der Waals surface area (Å²) in [5, 5.41) is 0. The van der Waals surface area contributed by atoms with Crippen molar-refractivity contribution in [2.75, 3.05) is 0 Å². The minimum Gasteiger partial charge on any atom is -0.247 e. The molecule has 0 aliphatic rings. The Morgan fingerprint density at radius 1 is 1.60 bits per heavy atom. The molecule has 0 spiro atoms. The van der Waals surface area contributed by atoms with Crippen LogP contribution in [0.5, 0.6) is 0 Å². The van der Waals surface area contributed by atoms with E-state index < -0.39 is 0 Å². The van der Waals surface area contributed by atoms with Crippen molar-refractivity contribution in [2.45, 2.75) is 6.92 Å². The zero-order chi connectivity index (χ0) is 7.40. The SMILES string of the molecule is CC#Cc1ncccc1Br. The predicted molar refractivity (Wildman–Crippen MR) is 44.5 cm³/mol. The molecule has 0 fully saturated rings. The second-order valence-corrected chi connectivity index (χ2v) is 2.56. The van der Waals surface area contributed by atoms with Gasteiger partial charge in [0.25, 0.3) is 0 Å². The van der Waals surface area contributed by atoms with E-state index in [-0.39, 0.29) is 0 Å². The van der Waals surface area contributed by atoms with Crippen molar-refractivity contribution < 1.29 is 0 Å². The number of aromatic nitrogens is 1. The van der Waals surface area contributed by atoms with Crippen molar-refractivity contribution in [1.29, 1.82) is 0 Å². The Kier molecular flexibility index (Phi) is 2.47. The molecule has 0 aromatic carbocycles. The third kappa shape index (κ3) is 1.58. The number of hydrogen-bond acceptors (Lipinski definition) is 1. The third-order valence-corrected chi connectivity index (χ3v) is 1.64. The summed E-state index contributed by atoms with van der Waals surface area (Å²) in [6, 6.07) is 3.79. The van der Waals surface area contributed by atoms with Crippen LogP contribution in [0.2, 0.25) is 0 Å². The summed E-state index contributed by atoms with van der Waals surface area (Å²) >= 11 is 3.33. The Bertz CT molecular complexity index is 283. The van der Waals surface area contributed by atoms with E-state index in [0.717, 1.165) is 10.2 Å². The van der Waals surface area contributed by atoms with Gasteiger partial charge < -0.3 is 0 Å². The van der Waals surface area contributed by atoms with E-state index in [9.17, 15) is 0 Å². The summed E-state index contributed by atoms with van der Waals surface area (Å²) in [6.07, 6.45) is 1.73. The van der Waals surface area contributed by atoms with Gasteiger partial charge in [0.15, 0.2) is 0 Å². The van der Waals surface area contributed by atoms with Gasteiger partial charge in [-0.2, -0.15) is 0 Å². The van der Waals surface area contributed by atoms with Gasteiger partial charge in [0.2, 0.25) is 0 Å². The predicted octanol–water partition coefficient (Wildman–Crippen LogP) is 2.22. The van der Waals surface area contributed by atoms with Crippen molar-refractivity contribution >= 4 is 15.9 Å². The number of nitrogens with zero attached hydrogens (tertiary/aromatic N) is 1. The molecule has 50 valence electrons. The fraction of sp³-hybridized carbons (Fsp3) is 0.125. The molecule has 0 saturated carbocycles. The van der Waals surface area contributed by atoms with Gasteiger partial charge in [-0.1, -0.05) is 5.92 Å². The van der Waals surface area contributed by atoms with E-state index in [1.165, 1.54) is 0 Å². The van der Waals surface area contributed by atoms with Gasteiger partial charge >= 0.3 is 0 Å². The van der Waals surface area contributed by atoms with Gasteiger partial charge in [-0.15, -0.1) is 0 Å². The van der Waals surface area contributed by atoms with E-state index in [1.54, 1.807) is 13.1 Å². The molecular formula is C8H6BrN. The number of rotatable bonds is 0. The second-order valence-electron chi connectivity index (χ2n) is 1.71. The lowest BCUT2D eigenvalue weighted by atomic mass is 10.3. The van der Waals surface area contributed by atoms with Crippen LogP contribution >= 0.6 is 15.9 Å². The average molecular weight is 196 g/mol. The third-order valence-electron chi connectivity index (χ3n) is 1.00. The highest BCUT2D eigenvalue weighted by atomic mass is 79.9. The molecule has 0 aliphatic carbocycles. The topological polar surface area (TPSA) is 12.9 Å². The number of hydrogen-bond donors (Lipinski definition) is 0. The average Bonchev–Trinajstić information content (AvgIpc) is 1.94. The summed E-state index contributed by atoms with van der Waals surface area (Å²) in [4.78, 5) is 4.05. The van der Waals surface area contributed by atoms with Crippen LogP contribution in [0.25, 0.3) is 0 Å². The second kappa shape index (κ2) is 3.38. The maximum Gasteiger partial charge on any atom is 0.127 e. The zero-order valence-corrected chi connectivity index (χ0v) is 7.14. The quantitative estimate of drug-likeness (QED) is 0.579. The first-order chi connectivity index (χ1) is 4.84. The van der Waals surface area contributed by atoms with Crippen LogP contribution in [0, 0.1) is 11.8 Å². The molecule has 0 aliphatic heterocycles. The van der Waals surface area contributed by atoms with Crippen LogP contribution in [-0.4, -0.2) is 4.98 Å². The fourth-order valence-corrected chi connectivity index (χ4v) is 0.950. The highest BCUT2D eigenvalue weighted by molar-refractivity contribution is 9.10. The van der Waals surface area contributed by atoms with Crippen LogP contribution in [0.15, 0.2) is 22.8 Å². The van der Waals surface area contributed by atoms with Gasteiger partial charge in [0.1, 0.15) is 5.69 Å². The standard InChI is InChI=1S/C8H6BrN/c1-2-4-8-7(9)5-3-6-10-8/h3,5-6H,1H3. The Labute approximate surface area is 68.6 Å². The van der Waals surface area contributed by atoms with Crippen molar-refractivity contribution in [3.05, 3.63) is 28.5 Å². The molecule has 1 nitrogen and oxygen atoms in total. The van der Waals surface area contributed by atoms with E-state index in [4.69, 9.17) is 0 Å². The molecule has 0 atom stereocenters. The highest BCUT2D eigenvalue weighted by Gasteiger charge is 1.92. The first-order valence-electron chi connectivity index (χ1n) is 2.88. The summed E-state index contributed by atoms with van der Waals surface area (Å²) in [5.74, 6) is 5.65. The van der Waals surface area contributed by atoms with Gasteiger partial charge in [0.05, 0.1) is 4.47 Å². The van der Waals surface area contributed by atoms with Crippen LogP contribution < -0.4 is 0 Å². The molecular weight excluding hydrogens is 190 g/mol. The lowest BCUT2D eigenvalue weighted by molar-refractivity contribution is 1.27. The molecule has 0 unspecified atom stereocenters. The summed E-state index contributed by atoms with van der Waals surface area (Å²) in [7, 11) is 0. The molecule has 0 bridgehead atoms. The first kappa shape index (κ1) is 7.30. The smallest absolute Gasteiger partial charge is 0.127 e. The van der Waals surface area contributed by atoms with Gasteiger partial charge in [-0.3, -0.25) is 0 Å². The van der Waals surface area contributed by atoms with Crippen LogP contribution in [0.1, 0.15) is 12.6 Å². The fourth-order valence-electron chi connectivity index (χ4n) is 0.596. The van der Waals surface area contributed by atoms with Gasteiger partial charge in [0, 0.05) is 6.20 Å². The molecule has 0 amide bonds. The minimum atomic E-state index is 0.796. The number of pyridine rings is 1. The lowest BCUT2D eigenvalue weighted by Gasteiger charge is -1.90. The Morgan fingerprint density at radius 2 is 2.40 bits per heavy atom. The summed E-state index contributed by atoms with van der Waals surface area (Å²) in [6.45, 7) is 1.79. The van der Waals surface area contributed by atoms with Crippen LogP contribution in [0.4, 0.5) is 0 Å². The molecule has 2 heteroatoms. The Balaban J connectivity index is 3.11. The van der Waals surface area contributed by atoms with Gasteiger partial charge in [-0.25, -0.2) is 4.98 Å². The monoisotopic (exact) mass is 195 g/mol. The minimum absolute atomic E-state index is 0.796. The van der Waals surface area contributed by atoms with Crippen LogP contribution in [-0.2, 0) is 0 Å². The van der Waals surface area contributed by atoms with E-state index >= 15 is 0 Å². The number of halogens is 1. The van der Waals surface area contributed by atoms with E-state index in [2.05, 4.69) is 32.8 Å². The molecule has 0 radical (unpaired) electrons. The van der Waals surface area contributed by atoms with E-state index in [0.29, 0.717) is 0 Å². The molecule has 10 heavy (non-hydrogen) atoms.